The van der Waals surface area contributed by atoms with Crippen molar-refractivity contribution in [2.75, 3.05) is 19.8 Å². The normalized spacial score (nSPS) is 28.9. The highest BCUT2D eigenvalue weighted by atomic mass is 16.5. The van der Waals surface area contributed by atoms with E-state index in [0.29, 0.717) is 32.6 Å². The molecule has 2 aliphatic rings. The summed E-state index contributed by atoms with van der Waals surface area (Å²) in [5.41, 5.74) is 4.85. The minimum atomic E-state index is -0.736. The van der Waals surface area contributed by atoms with Gasteiger partial charge < -0.3 is 20.6 Å². The largest absolute Gasteiger partial charge is 0.409 e. The van der Waals surface area contributed by atoms with Gasteiger partial charge in [0.15, 0.2) is 5.84 Å². The Morgan fingerprint density at radius 1 is 1.62 bits per heavy atom. The predicted octanol–water partition coefficient (Wildman–Crippen LogP) is -0.240. The summed E-state index contributed by atoms with van der Waals surface area (Å²) in [6.45, 7) is 3.64. The minimum Gasteiger partial charge on any atom is -0.409 e. The highest BCUT2D eigenvalue weighted by Crippen LogP contribution is 2.47. The Balaban J connectivity index is 2.13. The average Bonchev–Trinajstić information content (AvgIpc) is 3.09. The maximum atomic E-state index is 12.3. The Bertz CT molecular complexity index is 325. The number of hydrogen-bond donors (Lipinski definition) is 2. The van der Waals surface area contributed by atoms with Gasteiger partial charge in [0.2, 0.25) is 5.91 Å². The highest BCUT2D eigenvalue weighted by Gasteiger charge is 2.56. The van der Waals surface area contributed by atoms with E-state index < -0.39 is 5.41 Å². The first-order chi connectivity index (χ1) is 7.62. The van der Waals surface area contributed by atoms with Crippen molar-refractivity contribution in [3.63, 3.8) is 0 Å². The van der Waals surface area contributed by atoms with E-state index in [1.54, 1.807) is 4.90 Å². The number of morpholine rings is 1. The smallest absolute Gasteiger partial charge is 0.236 e. The van der Waals surface area contributed by atoms with Crippen molar-refractivity contribution < 1.29 is 14.7 Å². The summed E-state index contributed by atoms with van der Waals surface area (Å²) in [4.78, 5) is 14.1. The fraction of sp³-hybridized carbons (Fsp3) is 0.800. The first-order valence-corrected chi connectivity index (χ1v) is 5.48. The first kappa shape index (κ1) is 11.2. The molecule has 0 aromatic rings. The molecule has 0 radical (unpaired) electrons. The second-order valence-electron chi connectivity index (χ2n) is 4.49. The molecule has 2 rings (SSSR count). The van der Waals surface area contributed by atoms with Crippen LogP contribution in [0.5, 0.6) is 0 Å². The third kappa shape index (κ3) is 1.63. The van der Waals surface area contributed by atoms with Gasteiger partial charge in [-0.05, 0) is 19.8 Å². The lowest BCUT2D eigenvalue weighted by atomic mass is 10.0. The van der Waals surface area contributed by atoms with Gasteiger partial charge >= 0.3 is 0 Å². The summed E-state index contributed by atoms with van der Waals surface area (Å²) in [6, 6.07) is 0.0604. The Labute approximate surface area is 94.0 Å². The molecule has 1 aliphatic heterocycles. The zero-order valence-corrected chi connectivity index (χ0v) is 9.35. The molecule has 1 heterocycles. The summed E-state index contributed by atoms with van der Waals surface area (Å²) in [6.07, 6.45) is 1.34. The molecule has 1 unspecified atom stereocenters. The van der Waals surface area contributed by atoms with E-state index in [-0.39, 0.29) is 17.8 Å². The summed E-state index contributed by atoms with van der Waals surface area (Å²) >= 11 is 0. The van der Waals surface area contributed by atoms with Gasteiger partial charge in [0.25, 0.3) is 0 Å². The molecule has 0 spiro atoms. The molecule has 6 nitrogen and oxygen atoms in total. The van der Waals surface area contributed by atoms with E-state index in [4.69, 9.17) is 15.7 Å². The van der Waals surface area contributed by atoms with Crippen LogP contribution in [-0.4, -0.2) is 47.7 Å². The zero-order chi connectivity index (χ0) is 11.8. The van der Waals surface area contributed by atoms with Crippen LogP contribution in [0.15, 0.2) is 5.16 Å². The van der Waals surface area contributed by atoms with Crippen molar-refractivity contribution in [2.24, 2.45) is 16.3 Å². The fourth-order valence-corrected chi connectivity index (χ4v) is 2.10. The van der Waals surface area contributed by atoms with Crippen molar-refractivity contribution >= 4 is 11.7 Å². The molecule has 1 saturated carbocycles. The highest BCUT2D eigenvalue weighted by molar-refractivity contribution is 6.09. The van der Waals surface area contributed by atoms with Crippen molar-refractivity contribution in [3.05, 3.63) is 0 Å². The lowest BCUT2D eigenvalue weighted by Gasteiger charge is -2.35. The van der Waals surface area contributed by atoms with Gasteiger partial charge in [-0.2, -0.15) is 0 Å². The molecule has 0 aromatic heterocycles. The van der Waals surface area contributed by atoms with Crippen LogP contribution in [0, 0.1) is 5.41 Å². The molecule has 90 valence electrons. The molecule has 6 heteroatoms. The van der Waals surface area contributed by atoms with Gasteiger partial charge in [0, 0.05) is 6.54 Å². The SMILES string of the molecule is CC1COCCN1C(=O)C1(C(N)=NO)CC1. The molecule has 0 aromatic carbocycles. The number of ether oxygens (including phenoxy) is 1. The molecular weight excluding hydrogens is 210 g/mol. The molecule has 16 heavy (non-hydrogen) atoms. The van der Waals surface area contributed by atoms with Crippen molar-refractivity contribution in [1.82, 2.24) is 4.90 Å². The van der Waals surface area contributed by atoms with Crippen molar-refractivity contribution in [2.45, 2.75) is 25.8 Å². The average molecular weight is 227 g/mol. The Kier molecular flexibility index (Phi) is 2.75. The number of oxime groups is 1. The summed E-state index contributed by atoms with van der Waals surface area (Å²) in [7, 11) is 0. The third-order valence-corrected chi connectivity index (χ3v) is 3.39. The van der Waals surface area contributed by atoms with Crippen LogP contribution in [0.1, 0.15) is 19.8 Å². The second-order valence-corrected chi connectivity index (χ2v) is 4.49. The lowest BCUT2D eigenvalue weighted by molar-refractivity contribution is -0.142. The van der Waals surface area contributed by atoms with Gasteiger partial charge in [0.1, 0.15) is 5.41 Å². The number of amides is 1. The van der Waals surface area contributed by atoms with Crippen LogP contribution in [-0.2, 0) is 9.53 Å². The van der Waals surface area contributed by atoms with Crippen LogP contribution >= 0.6 is 0 Å². The van der Waals surface area contributed by atoms with E-state index in [0.717, 1.165) is 0 Å². The fourth-order valence-electron chi connectivity index (χ4n) is 2.10. The molecule has 1 saturated heterocycles. The standard InChI is InChI=1S/C10H17N3O3/c1-7-6-16-5-4-13(7)9(14)10(2-3-10)8(11)12-15/h7,15H,2-6H2,1H3,(H2,11,12). The van der Waals surface area contributed by atoms with E-state index in [9.17, 15) is 4.79 Å². The summed E-state index contributed by atoms with van der Waals surface area (Å²) in [5, 5.41) is 11.7. The van der Waals surface area contributed by atoms with Gasteiger partial charge in [-0.1, -0.05) is 5.16 Å². The van der Waals surface area contributed by atoms with E-state index in [2.05, 4.69) is 5.16 Å². The first-order valence-electron chi connectivity index (χ1n) is 5.48. The Morgan fingerprint density at radius 2 is 2.31 bits per heavy atom. The third-order valence-electron chi connectivity index (χ3n) is 3.39. The minimum absolute atomic E-state index is 0.0291. The Hall–Kier alpha value is -1.30. The summed E-state index contributed by atoms with van der Waals surface area (Å²) < 4.78 is 5.28. The van der Waals surface area contributed by atoms with Gasteiger partial charge in [0.05, 0.1) is 19.3 Å². The van der Waals surface area contributed by atoms with E-state index in [1.807, 2.05) is 6.92 Å². The van der Waals surface area contributed by atoms with E-state index >= 15 is 0 Å². The molecule has 1 aliphatic carbocycles. The van der Waals surface area contributed by atoms with Crippen molar-refractivity contribution in [3.8, 4) is 0 Å². The molecule has 0 bridgehead atoms. The number of carbonyl (C=O) groups excluding carboxylic acids is 1. The van der Waals surface area contributed by atoms with Crippen LogP contribution < -0.4 is 5.73 Å². The number of rotatable bonds is 2. The number of hydrogen-bond acceptors (Lipinski definition) is 4. The molecule has 1 amide bonds. The van der Waals surface area contributed by atoms with Crippen LogP contribution in [0.4, 0.5) is 0 Å². The summed E-state index contributed by atoms with van der Waals surface area (Å²) in [5.74, 6) is 0.00907. The number of nitrogens with two attached hydrogens (primary N) is 1. The lowest BCUT2D eigenvalue weighted by Crippen LogP contribution is -2.52. The number of carbonyl (C=O) groups is 1. The topological polar surface area (TPSA) is 88.2 Å². The van der Waals surface area contributed by atoms with Gasteiger partial charge in [-0.15, -0.1) is 0 Å². The monoisotopic (exact) mass is 227 g/mol. The van der Waals surface area contributed by atoms with Crippen LogP contribution in [0.2, 0.25) is 0 Å². The maximum Gasteiger partial charge on any atom is 0.236 e. The zero-order valence-electron chi connectivity index (χ0n) is 9.35. The second kappa shape index (κ2) is 3.93. The van der Waals surface area contributed by atoms with Crippen molar-refractivity contribution in [1.29, 1.82) is 0 Å². The van der Waals surface area contributed by atoms with Crippen LogP contribution in [0.25, 0.3) is 0 Å². The molecule has 2 fully saturated rings. The quantitative estimate of drug-likeness (QED) is 0.295. The predicted molar refractivity (Wildman–Crippen MR) is 57.1 cm³/mol. The number of nitrogens with zero attached hydrogens (tertiary/aromatic N) is 2. The van der Waals surface area contributed by atoms with Crippen LogP contribution in [0.3, 0.4) is 0 Å². The Morgan fingerprint density at radius 3 is 2.81 bits per heavy atom. The maximum absolute atomic E-state index is 12.3. The molecule has 3 N–H and O–H groups in total. The van der Waals surface area contributed by atoms with Gasteiger partial charge in [-0.25, -0.2) is 0 Å². The number of amidine groups is 1. The molecule has 1 atom stereocenters. The van der Waals surface area contributed by atoms with Gasteiger partial charge in [-0.3, -0.25) is 4.79 Å². The molecular formula is C10H17N3O3. The van der Waals surface area contributed by atoms with E-state index in [1.165, 1.54) is 0 Å².